The summed E-state index contributed by atoms with van der Waals surface area (Å²) < 4.78 is 8.66. The number of nitrogens with zero attached hydrogens (tertiary/aromatic N) is 1. The van der Waals surface area contributed by atoms with Gasteiger partial charge in [-0.3, -0.25) is 4.79 Å². The van der Waals surface area contributed by atoms with Crippen molar-refractivity contribution >= 4 is 65.9 Å². The minimum absolute atomic E-state index is 0.0339. The highest BCUT2D eigenvalue weighted by Gasteiger charge is 2.41. The van der Waals surface area contributed by atoms with E-state index in [1.165, 1.54) is 11.8 Å². The number of thioether (sulfide) groups is 1. The molecule has 1 aliphatic rings. The number of benzene rings is 2. The number of ketones is 1. The van der Waals surface area contributed by atoms with Crippen LogP contribution in [0, 0.1) is 0 Å². The van der Waals surface area contributed by atoms with E-state index in [9.17, 15) is 4.79 Å². The van der Waals surface area contributed by atoms with E-state index in [1.54, 1.807) is 0 Å². The van der Waals surface area contributed by atoms with Gasteiger partial charge in [0.1, 0.15) is 21.4 Å². The van der Waals surface area contributed by atoms with E-state index in [0.29, 0.717) is 11.3 Å². The number of Topliss-reactive ketones (excluding diaryl/α,β-unsaturated/α-hetero) is 1. The van der Waals surface area contributed by atoms with E-state index < -0.39 is 11.4 Å². The molecule has 0 aromatic heterocycles. The number of hydrogen-bond donors (Lipinski definition) is 0. The molecular weight excluding hydrogens is 510 g/mol. The molecule has 7 heteroatoms. The molecule has 1 aliphatic heterocycles. The maximum absolute atomic E-state index is 13.4. The van der Waals surface area contributed by atoms with Crippen LogP contribution in [0.3, 0.4) is 0 Å². The van der Waals surface area contributed by atoms with Gasteiger partial charge >= 0.3 is 0 Å². The van der Waals surface area contributed by atoms with E-state index in [-0.39, 0.29) is 5.78 Å². The quantitative estimate of drug-likeness (QED) is 0.437. The van der Waals surface area contributed by atoms with Crippen LogP contribution in [0.2, 0.25) is 0 Å². The zero-order chi connectivity index (χ0) is 19.6. The third-order valence-electron chi connectivity index (χ3n) is 4.43. The molecule has 3 rings (SSSR count). The van der Waals surface area contributed by atoms with E-state index >= 15 is 0 Å². The number of hydrogen-bond acceptors (Lipinski definition) is 4. The molecule has 2 atom stereocenters. The number of carbonyl (C=O) groups excluding carboxylic acids is 1. The molecule has 0 aliphatic carbocycles. The summed E-state index contributed by atoms with van der Waals surface area (Å²) in [4.78, 5) is 15.5. The van der Waals surface area contributed by atoms with Crippen LogP contribution < -0.4 is 4.74 Å². The molecule has 0 N–H and O–H groups in total. The number of ether oxygens (including phenoxy) is 1. The summed E-state index contributed by atoms with van der Waals surface area (Å²) in [5, 5.41) is -0.436. The Hall–Kier alpha value is -0.890. The van der Waals surface area contributed by atoms with Gasteiger partial charge in [-0.05, 0) is 47.5 Å². The minimum Gasteiger partial charge on any atom is -0.482 e. The Labute approximate surface area is 186 Å². The zero-order valence-electron chi connectivity index (χ0n) is 14.9. The van der Waals surface area contributed by atoms with Crippen LogP contribution >= 0.6 is 55.8 Å². The second-order valence-electron chi connectivity index (χ2n) is 6.05. The van der Waals surface area contributed by atoms with E-state index in [4.69, 9.17) is 17.0 Å². The first-order valence-electron chi connectivity index (χ1n) is 8.66. The fourth-order valence-corrected chi connectivity index (χ4v) is 6.09. The lowest BCUT2D eigenvalue weighted by Gasteiger charge is -2.34. The van der Waals surface area contributed by atoms with Crippen molar-refractivity contribution in [3.8, 4) is 5.75 Å². The number of thiocarbonyl (C=S) groups is 1. The van der Waals surface area contributed by atoms with Crippen molar-refractivity contribution in [3.05, 3.63) is 62.5 Å². The van der Waals surface area contributed by atoms with Gasteiger partial charge in [-0.1, -0.05) is 70.2 Å². The molecule has 142 valence electrons. The highest BCUT2D eigenvalue weighted by Crippen LogP contribution is 2.45. The van der Waals surface area contributed by atoms with Crippen molar-refractivity contribution < 1.29 is 9.53 Å². The molecular formula is C20H19Br2NO2S2. The van der Waals surface area contributed by atoms with Gasteiger partial charge in [-0.2, -0.15) is 0 Å². The van der Waals surface area contributed by atoms with Gasteiger partial charge < -0.3 is 9.64 Å². The largest absolute Gasteiger partial charge is 0.482 e. The van der Waals surface area contributed by atoms with Crippen molar-refractivity contribution in [1.82, 2.24) is 4.90 Å². The molecule has 0 bridgehead atoms. The second kappa shape index (κ2) is 9.07. The highest BCUT2D eigenvalue weighted by atomic mass is 79.9. The van der Waals surface area contributed by atoms with Gasteiger partial charge in [0.25, 0.3) is 0 Å². The Morgan fingerprint density at radius 3 is 2.48 bits per heavy atom. The number of halogens is 2. The average molecular weight is 529 g/mol. The van der Waals surface area contributed by atoms with Crippen LogP contribution in [0.4, 0.5) is 0 Å². The van der Waals surface area contributed by atoms with Crippen LogP contribution in [0.1, 0.15) is 35.9 Å². The molecule has 0 radical (unpaired) electrons. The normalized spacial score (nSPS) is 18.6. The van der Waals surface area contributed by atoms with Gasteiger partial charge in [0, 0.05) is 17.6 Å². The number of fused-ring (bicyclic) bond motifs is 1. The average Bonchev–Trinajstić information content (AvgIpc) is 2.66. The monoisotopic (exact) mass is 527 g/mol. The van der Waals surface area contributed by atoms with Gasteiger partial charge in [-0.25, -0.2) is 0 Å². The van der Waals surface area contributed by atoms with Gasteiger partial charge in [0.2, 0.25) is 0 Å². The fraction of sp³-hybridized carbons (Fsp3) is 0.300. The predicted molar refractivity (Wildman–Crippen MR) is 123 cm³/mol. The molecule has 27 heavy (non-hydrogen) atoms. The summed E-state index contributed by atoms with van der Waals surface area (Å²) in [5.74, 6) is 0.620. The summed E-state index contributed by atoms with van der Waals surface area (Å²) in [7, 11) is 0. The molecule has 0 saturated heterocycles. The third-order valence-corrected chi connectivity index (χ3v) is 7.20. The first kappa shape index (κ1) is 20.8. The summed E-state index contributed by atoms with van der Waals surface area (Å²) in [6.07, 6.45) is -0.401. The summed E-state index contributed by atoms with van der Waals surface area (Å²) in [6, 6.07) is 13.6. The van der Waals surface area contributed by atoms with Crippen molar-refractivity contribution in [2.24, 2.45) is 0 Å². The van der Waals surface area contributed by atoms with Crippen molar-refractivity contribution in [3.63, 3.8) is 0 Å². The smallest absolute Gasteiger partial charge is 0.184 e. The molecule has 0 spiro atoms. The highest BCUT2D eigenvalue weighted by molar-refractivity contribution is 9.11. The lowest BCUT2D eigenvalue weighted by Crippen LogP contribution is -2.37. The molecule has 0 saturated carbocycles. The fourth-order valence-electron chi connectivity index (χ4n) is 3.01. The van der Waals surface area contributed by atoms with Gasteiger partial charge in [0.05, 0.1) is 10.0 Å². The Morgan fingerprint density at radius 1 is 1.19 bits per heavy atom. The Kier molecular flexibility index (Phi) is 7.00. The standard InChI is InChI=1S/C20H19Br2NO2S2/c1-3-23(4-2)20(26)27-19-16(24)14-10-13(21)11-15(22)18(14)25-17(19)12-8-6-5-7-9-12/h5-11,17,19H,3-4H2,1-2H3/t17-,19-/m0/s1. The van der Waals surface area contributed by atoms with Crippen LogP contribution in [0.25, 0.3) is 0 Å². The lowest BCUT2D eigenvalue weighted by molar-refractivity contribution is 0.0866. The maximum atomic E-state index is 13.4. The zero-order valence-corrected chi connectivity index (χ0v) is 19.8. The minimum atomic E-state index is -0.436. The predicted octanol–water partition coefficient (Wildman–Crippen LogP) is 6.26. The lowest BCUT2D eigenvalue weighted by atomic mass is 9.96. The number of carbonyl (C=O) groups is 1. The van der Waals surface area contributed by atoms with Crippen molar-refractivity contribution in [2.45, 2.75) is 25.2 Å². The van der Waals surface area contributed by atoms with Gasteiger partial charge in [-0.15, -0.1) is 0 Å². The van der Waals surface area contributed by atoms with E-state index in [1.807, 2.05) is 42.5 Å². The van der Waals surface area contributed by atoms with E-state index in [0.717, 1.165) is 31.9 Å². The molecule has 2 aromatic rings. The summed E-state index contributed by atoms with van der Waals surface area (Å²) in [5.41, 5.74) is 1.54. The summed E-state index contributed by atoms with van der Waals surface area (Å²) >= 11 is 14.0. The molecule has 0 unspecified atom stereocenters. The molecule has 0 fully saturated rings. The van der Waals surface area contributed by atoms with Crippen molar-refractivity contribution in [2.75, 3.05) is 13.1 Å². The molecule has 1 heterocycles. The first-order valence-corrected chi connectivity index (χ1v) is 11.5. The molecule has 0 amide bonds. The second-order valence-corrected chi connectivity index (χ2v) is 9.60. The Balaban J connectivity index is 2.03. The van der Waals surface area contributed by atoms with Crippen LogP contribution in [-0.2, 0) is 0 Å². The number of rotatable bonds is 4. The summed E-state index contributed by atoms with van der Waals surface area (Å²) in [6.45, 7) is 5.75. The van der Waals surface area contributed by atoms with Crippen LogP contribution in [-0.4, -0.2) is 33.3 Å². The maximum Gasteiger partial charge on any atom is 0.184 e. The Morgan fingerprint density at radius 2 is 1.85 bits per heavy atom. The SMILES string of the molecule is CCN(CC)C(=S)S[C@H]1C(=O)c2cc(Br)cc(Br)c2O[C@H]1c1ccccc1. The first-order chi connectivity index (χ1) is 13.0. The van der Waals surface area contributed by atoms with E-state index in [2.05, 4.69) is 50.6 Å². The molecule has 3 nitrogen and oxygen atoms in total. The third kappa shape index (κ3) is 4.42. The van der Waals surface area contributed by atoms with Gasteiger partial charge in [0.15, 0.2) is 5.78 Å². The topological polar surface area (TPSA) is 29.5 Å². The molecule has 2 aromatic carbocycles. The Bertz CT molecular complexity index is 857. The van der Waals surface area contributed by atoms with Crippen LogP contribution in [0.15, 0.2) is 51.4 Å². The van der Waals surface area contributed by atoms with Crippen molar-refractivity contribution in [1.29, 1.82) is 0 Å². The van der Waals surface area contributed by atoms with Crippen LogP contribution in [0.5, 0.6) is 5.75 Å².